The monoisotopic (exact) mass is 412 g/mol. The van der Waals surface area contributed by atoms with E-state index in [9.17, 15) is 14.7 Å². The summed E-state index contributed by atoms with van der Waals surface area (Å²) in [6.07, 6.45) is 4.41. The molecule has 28 heavy (non-hydrogen) atoms. The molecular formula is C18H28N4O5S. The summed E-state index contributed by atoms with van der Waals surface area (Å²) in [7, 11) is 0. The number of carbonyl (C=O) groups excluding carboxylic acids is 1. The number of aromatic nitrogens is 1. The zero-order valence-electron chi connectivity index (χ0n) is 15.9. The number of nitrogens with two attached hydrogens (primary N) is 1. The van der Waals surface area contributed by atoms with Crippen LogP contribution in [0, 0.1) is 6.92 Å². The van der Waals surface area contributed by atoms with Gasteiger partial charge in [0.2, 0.25) is 0 Å². The molecule has 7 N–H and O–H groups in total. The first kappa shape index (κ1) is 22.3. The number of carboxylic acids is 1. The van der Waals surface area contributed by atoms with E-state index in [4.69, 9.17) is 15.9 Å². The summed E-state index contributed by atoms with van der Waals surface area (Å²) in [5.74, 6) is 0.323. The first-order chi connectivity index (χ1) is 13.4. The van der Waals surface area contributed by atoms with Crippen LogP contribution in [0.25, 0.3) is 0 Å². The van der Waals surface area contributed by atoms with Crippen molar-refractivity contribution in [3.8, 4) is 5.75 Å². The Morgan fingerprint density at radius 1 is 1.39 bits per heavy atom. The third-order valence-corrected chi connectivity index (χ3v) is 6.38. The second-order valence-corrected chi connectivity index (χ2v) is 8.09. The Labute approximate surface area is 168 Å². The summed E-state index contributed by atoms with van der Waals surface area (Å²) in [4.78, 5) is 25.4. The van der Waals surface area contributed by atoms with Crippen molar-refractivity contribution in [1.29, 1.82) is 0 Å². The highest BCUT2D eigenvalue weighted by molar-refractivity contribution is 8.00. The Morgan fingerprint density at radius 3 is 2.79 bits per heavy atom. The number of aliphatic carboxylic acids is 1. The molecule has 2 fully saturated rings. The van der Waals surface area contributed by atoms with Gasteiger partial charge in [-0.25, -0.2) is 4.79 Å². The van der Waals surface area contributed by atoms with Crippen LogP contribution < -0.4 is 16.4 Å². The predicted molar refractivity (Wildman–Crippen MR) is 106 cm³/mol. The molecule has 10 heteroatoms. The minimum atomic E-state index is -0.729. The molecule has 1 aromatic rings. The van der Waals surface area contributed by atoms with Gasteiger partial charge in [0.25, 0.3) is 0 Å². The molecule has 2 amide bonds. The number of carbonyl (C=O) groups is 2. The second-order valence-electron chi connectivity index (χ2n) is 6.82. The fourth-order valence-corrected chi connectivity index (χ4v) is 4.86. The van der Waals surface area contributed by atoms with Crippen LogP contribution in [0.5, 0.6) is 5.75 Å². The molecule has 156 valence electrons. The maximum Gasteiger partial charge on any atom is 0.315 e. The van der Waals surface area contributed by atoms with Crippen molar-refractivity contribution in [3.63, 3.8) is 0 Å². The number of amides is 2. The Kier molecular flexibility index (Phi) is 8.34. The lowest BCUT2D eigenvalue weighted by atomic mass is 10.0. The van der Waals surface area contributed by atoms with Gasteiger partial charge in [-0.05, 0) is 19.8 Å². The molecular weight excluding hydrogens is 384 g/mol. The van der Waals surface area contributed by atoms with Crippen LogP contribution in [0.3, 0.4) is 0 Å². The molecule has 9 nitrogen and oxygen atoms in total. The van der Waals surface area contributed by atoms with Crippen LogP contribution in [0.4, 0.5) is 4.79 Å². The average Bonchev–Trinajstić information content (AvgIpc) is 3.20. The van der Waals surface area contributed by atoms with Gasteiger partial charge < -0.3 is 31.7 Å². The smallest absolute Gasteiger partial charge is 0.315 e. The third-order valence-electron chi connectivity index (χ3n) is 4.87. The lowest BCUT2D eigenvalue weighted by molar-refractivity contribution is -0.137. The van der Waals surface area contributed by atoms with Crippen LogP contribution in [0.2, 0.25) is 0 Å². The molecule has 2 saturated heterocycles. The molecule has 0 bridgehead atoms. The fraction of sp³-hybridized carbons (Fsp3) is 0.611. The second kappa shape index (κ2) is 10.5. The van der Waals surface area contributed by atoms with Crippen molar-refractivity contribution in [3.05, 3.63) is 23.0 Å². The number of urea groups is 1. The van der Waals surface area contributed by atoms with E-state index in [0.717, 1.165) is 25.0 Å². The van der Waals surface area contributed by atoms with E-state index in [2.05, 4.69) is 15.6 Å². The van der Waals surface area contributed by atoms with E-state index < -0.39 is 5.97 Å². The van der Waals surface area contributed by atoms with E-state index in [1.54, 1.807) is 6.92 Å². The Balaban J connectivity index is 0.000000209. The highest BCUT2D eigenvalue weighted by Crippen LogP contribution is 2.33. The maximum absolute atomic E-state index is 11.1. The topological polar surface area (TPSA) is 158 Å². The number of hydrogen-bond donors (Lipinski definition) is 6. The number of pyridine rings is 1. The molecule has 2 aliphatic heterocycles. The number of aliphatic hydroxyl groups is 1. The van der Waals surface area contributed by atoms with Gasteiger partial charge in [0, 0.05) is 41.3 Å². The standard InChI is InChI=1S/C10H16N2O3S.C8H12N2O2/c13-8(14)4-2-1-3-7-9-6(5-16-7)11-10(15)12-9;1-5-8(12)7(2-9)6(4-11)3-10-5/h6-7,9H,1-5H2,(H,13,14)(H2,11,12,15);3,11-12H,2,4,9H2,1H3/t6-,7-,9-;/m0./s1. The Hall–Kier alpha value is -2.04. The SMILES string of the molecule is Cc1ncc(CO)c(CN)c1O.O=C(O)CCCC[C@@H]1SC[C@@H]2NC(=O)N[C@@H]21. The van der Waals surface area contributed by atoms with Crippen molar-refractivity contribution < 1.29 is 24.9 Å². The van der Waals surface area contributed by atoms with E-state index in [-0.39, 0.29) is 43.4 Å². The number of unbranched alkanes of at least 4 members (excludes halogenated alkanes) is 1. The Morgan fingerprint density at radius 2 is 2.14 bits per heavy atom. The van der Waals surface area contributed by atoms with Gasteiger partial charge in [0.15, 0.2) is 0 Å². The summed E-state index contributed by atoms with van der Waals surface area (Å²) in [5.41, 5.74) is 7.09. The van der Waals surface area contributed by atoms with E-state index in [1.165, 1.54) is 6.20 Å². The number of aryl methyl sites for hydroxylation is 1. The predicted octanol–water partition coefficient (Wildman–Crippen LogP) is 0.843. The lowest BCUT2D eigenvalue weighted by Crippen LogP contribution is -2.36. The third kappa shape index (κ3) is 5.73. The van der Waals surface area contributed by atoms with Crippen LogP contribution in [0.15, 0.2) is 6.20 Å². The first-order valence-corrected chi connectivity index (χ1v) is 10.3. The summed E-state index contributed by atoms with van der Waals surface area (Å²) < 4.78 is 0. The number of aromatic hydroxyl groups is 1. The number of thioether (sulfide) groups is 1. The van der Waals surface area contributed by atoms with E-state index >= 15 is 0 Å². The van der Waals surface area contributed by atoms with Gasteiger partial charge in [-0.2, -0.15) is 11.8 Å². The number of hydrogen-bond acceptors (Lipinski definition) is 7. The normalized spacial score (nSPS) is 22.7. The van der Waals surface area contributed by atoms with Crippen LogP contribution in [0.1, 0.15) is 42.5 Å². The summed E-state index contributed by atoms with van der Waals surface area (Å²) in [6.45, 7) is 1.76. The molecule has 0 aromatic carbocycles. The van der Waals surface area contributed by atoms with Crippen LogP contribution in [-0.2, 0) is 17.9 Å². The molecule has 3 heterocycles. The average molecular weight is 413 g/mol. The molecule has 1 aromatic heterocycles. The number of nitrogens with zero attached hydrogens (tertiary/aromatic N) is 1. The highest BCUT2D eigenvalue weighted by Gasteiger charge is 2.42. The van der Waals surface area contributed by atoms with Gasteiger partial charge >= 0.3 is 12.0 Å². The summed E-state index contributed by atoms with van der Waals surface area (Å²) in [6, 6.07) is 0.440. The van der Waals surface area contributed by atoms with Crippen molar-refractivity contribution in [1.82, 2.24) is 15.6 Å². The molecule has 3 rings (SSSR count). The zero-order valence-corrected chi connectivity index (χ0v) is 16.7. The van der Waals surface area contributed by atoms with Gasteiger partial charge in [0.1, 0.15) is 5.75 Å². The van der Waals surface area contributed by atoms with Gasteiger partial charge in [-0.15, -0.1) is 0 Å². The number of carboxylic acid groups (broad SMARTS) is 1. The van der Waals surface area contributed by atoms with Crippen molar-refractivity contribution in [2.24, 2.45) is 5.73 Å². The van der Waals surface area contributed by atoms with E-state index in [0.29, 0.717) is 22.1 Å². The van der Waals surface area contributed by atoms with Gasteiger partial charge in [-0.3, -0.25) is 9.78 Å². The summed E-state index contributed by atoms with van der Waals surface area (Å²) >= 11 is 1.87. The largest absolute Gasteiger partial charge is 0.506 e. The molecule has 0 radical (unpaired) electrons. The lowest BCUT2D eigenvalue weighted by Gasteiger charge is -2.16. The van der Waals surface area contributed by atoms with Crippen molar-refractivity contribution in [2.45, 2.75) is 63.1 Å². The fourth-order valence-electron chi connectivity index (χ4n) is 3.31. The van der Waals surface area contributed by atoms with Gasteiger partial charge in [-0.1, -0.05) is 6.42 Å². The number of fused-ring (bicyclic) bond motifs is 1. The minimum Gasteiger partial charge on any atom is -0.506 e. The first-order valence-electron chi connectivity index (χ1n) is 9.25. The molecule has 0 aliphatic carbocycles. The maximum atomic E-state index is 11.1. The van der Waals surface area contributed by atoms with E-state index in [1.807, 2.05) is 11.8 Å². The van der Waals surface area contributed by atoms with Gasteiger partial charge in [0.05, 0.1) is 24.4 Å². The summed E-state index contributed by atoms with van der Waals surface area (Å²) in [5, 5.41) is 33.1. The molecule has 2 aliphatic rings. The molecule has 0 saturated carbocycles. The number of nitrogens with one attached hydrogen (secondary N) is 2. The minimum absolute atomic E-state index is 0.0640. The highest BCUT2D eigenvalue weighted by atomic mass is 32.2. The van der Waals surface area contributed by atoms with Crippen LogP contribution in [-0.4, -0.2) is 55.4 Å². The Bertz CT molecular complexity index is 703. The quantitative estimate of drug-likeness (QED) is 0.284. The molecule has 3 atom stereocenters. The van der Waals surface area contributed by atoms with Crippen molar-refractivity contribution in [2.75, 3.05) is 5.75 Å². The van der Waals surface area contributed by atoms with Crippen LogP contribution >= 0.6 is 11.8 Å². The molecule has 0 unspecified atom stereocenters. The zero-order chi connectivity index (χ0) is 20.7. The van der Waals surface area contributed by atoms with Crippen molar-refractivity contribution >= 4 is 23.8 Å². The number of rotatable bonds is 7. The number of aliphatic hydroxyl groups excluding tert-OH is 1. The molecule has 0 spiro atoms.